The normalized spacial score (nSPS) is 25.1. The maximum Gasteiger partial charge on any atom is 0.128 e. The lowest BCUT2D eigenvalue weighted by Gasteiger charge is -2.41. The summed E-state index contributed by atoms with van der Waals surface area (Å²) in [4.78, 5) is 8.89. The minimum absolute atomic E-state index is 0.199. The summed E-state index contributed by atoms with van der Waals surface area (Å²) < 4.78 is 42.5. The minimum Gasteiger partial charge on any atom is -0.387 e. The topological polar surface area (TPSA) is 63.3 Å². The molecular weight excluding hydrogens is 413 g/mol. The van der Waals surface area contributed by atoms with Gasteiger partial charge in [0, 0.05) is 23.0 Å². The maximum atomic E-state index is 14.8. The molecule has 0 amide bonds. The van der Waals surface area contributed by atoms with Crippen molar-refractivity contribution in [2.75, 3.05) is 5.32 Å². The fraction of sp³-hybridized carbons (Fsp3) is 0.440. The second-order valence-corrected chi connectivity index (χ2v) is 9.15. The molecule has 0 radical (unpaired) electrons. The molecule has 2 aromatic rings. The van der Waals surface area contributed by atoms with Crippen molar-refractivity contribution in [2.24, 2.45) is 16.1 Å². The van der Waals surface area contributed by atoms with Crippen molar-refractivity contribution in [3.63, 3.8) is 0 Å². The summed E-state index contributed by atoms with van der Waals surface area (Å²) in [6.45, 7) is 12.4. The third kappa shape index (κ3) is 4.38. The van der Waals surface area contributed by atoms with Gasteiger partial charge in [-0.25, -0.2) is 13.2 Å². The van der Waals surface area contributed by atoms with E-state index in [9.17, 15) is 13.2 Å². The van der Waals surface area contributed by atoms with Crippen LogP contribution in [0.3, 0.4) is 0 Å². The number of hydrogen-bond donors (Lipinski definition) is 2. The van der Waals surface area contributed by atoms with Crippen molar-refractivity contribution in [3.05, 3.63) is 65.2 Å². The number of aliphatic imine (C=N–C) groups is 1. The Morgan fingerprint density at radius 3 is 2.44 bits per heavy atom. The summed E-state index contributed by atoms with van der Waals surface area (Å²) in [5, 5.41) is 3.16. The summed E-state index contributed by atoms with van der Waals surface area (Å²) >= 11 is 0. The molecule has 1 aromatic heterocycles. The number of hydrogen-bond acceptors (Lipinski definition) is 4. The van der Waals surface area contributed by atoms with Crippen LogP contribution in [0.15, 0.2) is 42.0 Å². The molecule has 0 spiro atoms. The van der Waals surface area contributed by atoms with Gasteiger partial charge < -0.3 is 11.1 Å². The van der Waals surface area contributed by atoms with Crippen LogP contribution >= 0.6 is 0 Å². The third-order valence-electron chi connectivity index (χ3n) is 6.65. The van der Waals surface area contributed by atoms with Crippen molar-refractivity contribution in [3.8, 4) is 0 Å². The van der Waals surface area contributed by atoms with E-state index in [4.69, 9.17) is 5.73 Å². The van der Waals surface area contributed by atoms with Gasteiger partial charge >= 0.3 is 0 Å². The Balaban J connectivity index is 1.90. The summed E-state index contributed by atoms with van der Waals surface area (Å²) in [5.41, 5.74) is 7.75. The highest BCUT2D eigenvalue weighted by molar-refractivity contribution is 5.88. The van der Waals surface area contributed by atoms with Crippen LogP contribution in [0.5, 0.6) is 0 Å². The molecule has 1 aliphatic rings. The third-order valence-corrected chi connectivity index (χ3v) is 6.65. The van der Waals surface area contributed by atoms with Crippen LogP contribution in [0.1, 0.15) is 69.1 Å². The molecule has 2 heterocycles. The summed E-state index contributed by atoms with van der Waals surface area (Å²) in [6.07, 6.45) is 0.146. The first-order valence-corrected chi connectivity index (χ1v) is 10.7. The van der Waals surface area contributed by atoms with Crippen LogP contribution in [-0.2, 0) is 5.54 Å². The van der Waals surface area contributed by atoms with E-state index in [0.29, 0.717) is 41.0 Å². The zero-order valence-corrected chi connectivity index (χ0v) is 19.3. The number of alkyl halides is 2. The number of rotatable bonds is 6. The number of aryl methyl sites for hydroxylation is 1. The molecule has 32 heavy (non-hydrogen) atoms. The fourth-order valence-electron chi connectivity index (χ4n) is 4.06. The number of amidine groups is 1. The molecule has 1 aromatic carbocycles. The average molecular weight is 445 g/mol. The van der Waals surface area contributed by atoms with E-state index in [-0.39, 0.29) is 5.84 Å². The number of halogens is 3. The Bertz CT molecular complexity index is 1060. The van der Waals surface area contributed by atoms with Gasteiger partial charge in [0.15, 0.2) is 0 Å². The van der Waals surface area contributed by atoms with Gasteiger partial charge in [0.2, 0.25) is 0 Å². The molecule has 4 atom stereocenters. The quantitative estimate of drug-likeness (QED) is 0.544. The smallest absolute Gasteiger partial charge is 0.128 e. The monoisotopic (exact) mass is 444 g/mol. The summed E-state index contributed by atoms with van der Waals surface area (Å²) in [5.74, 6) is -0.210. The summed E-state index contributed by atoms with van der Waals surface area (Å²) in [6, 6.07) is 6.37. The molecule has 0 aliphatic carbocycles. The lowest BCUT2D eigenvalue weighted by Crippen LogP contribution is -2.47. The average Bonchev–Trinajstić information content (AvgIpc) is 2.72. The number of benzene rings is 1. The lowest BCUT2D eigenvalue weighted by molar-refractivity contribution is 0.168. The SMILES string of the molecule is C=C(Nc1ccc(F)c([C@]2(C)CC[C@@](C)(C(C)F)C(N)=N2)c1)c1ncc(C(C)F)cc1C. The molecule has 1 aliphatic heterocycles. The minimum atomic E-state index is -1.15. The van der Waals surface area contributed by atoms with Gasteiger partial charge in [-0.1, -0.05) is 6.58 Å². The molecule has 4 nitrogen and oxygen atoms in total. The van der Waals surface area contributed by atoms with Gasteiger partial charge in [-0.3, -0.25) is 9.98 Å². The van der Waals surface area contributed by atoms with Crippen LogP contribution in [0.25, 0.3) is 5.70 Å². The summed E-state index contributed by atoms with van der Waals surface area (Å²) in [7, 11) is 0. The van der Waals surface area contributed by atoms with E-state index >= 15 is 0 Å². The zero-order chi connectivity index (χ0) is 23.8. The molecule has 2 unspecified atom stereocenters. The van der Waals surface area contributed by atoms with Crippen LogP contribution in [0, 0.1) is 18.2 Å². The van der Waals surface area contributed by atoms with Crippen molar-refractivity contribution in [1.29, 1.82) is 0 Å². The number of pyridine rings is 1. The highest BCUT2D eigenvalue weighted by atomic mass is 19.1. The van der Waals surface area contributed by atoms with E-state index in [0.717, 1.165) is 5.56 Å². The number of nitrogens with zero attached hydrogens (tertiary/aromatic N) is 2. The fourth-order valence-corrected chi connectivity index (χ4v) is 4.06. The second-order valence-electron chi connectivity index (χ2n) is 9.15. The molecule has 0 bridgehead atoms. The molecule has 3 rings (SSSR count). The Kier molecular flexibility index (Phi) is 6.40. The van der Waals surface area contributed by atoms with Gasteiger partial charge in [0.05, 0.1) is 22.3 Å². The van der Waals surface area contributed by atoms with Crippen molar-refractivity contribution < 1.29 is 13.2 Å². The van der Waals surface area contributed by atoms with Gasteiger partial charge in [-0.15, -0.1) is 0 Å². The van der Waals surface area contributed by atoms with Gasteiger partial charge in [-0.05, 0) is 77.3 Å². The largest absolute Gasteiger partial charge is 0.387 e. The van der Waals surface area contributed by atoms with Crippen molar-refractivity contribution in [1.82, 2.24) is 4.98 Å². The van der Waals surface area contributed by atoms with Gasteiger partial charge in [0.25, 0.3) is 0 Å². The molecule has 172 valence electrons. The van der Waals surface area contributed by atoms with Crippen molar-refractivity contribution in [2.45, 2.75) is 65.3 Å². The first-order valence-electron chi connectivity index (χ1n) is 10.7. The van der Waals surface area contributed by atoms with Crippen LogP contribution in [0.4, 0.5) is 18.9 Å². The van der Waals surface area contributed by atoms with Crippen LogP contribution in [0.2, 0.25) is 0 Å². The predicted molar refractivity (Wildman–Crippen MR) is 124 cm³/mol. The van der Waals surface area contributed by atoms with E-state index < -0.39 is 29.1 Å². The number of nitrogens with two attached hydrogens (primary N) is 1. The van der Waals surface area contributed by atoms with E-state index in [1.54, 1.807) is 25.1 Å². The number of aromatic nitrogens is 1. The maximum absolute atomic E-state index is 14.8. The van der Waals surface area contributed by atoms with Crippen LogP contribution in [-0.4, -0.2) is 17.0 Å². The predicted octanol–water partition coefficient (Wildman–Crippen LogP) is 6.37. The Morgan fingerprint density at radius 1 is 1.19 bits per heavy atom. The van der Waals surface area contributed by atoms with E-state index in [2.05, 4.69) is 21.9 Å². The Morgan fingerprint density at radius 2 is 1.88 bits per heavy atom. The highest BCUT2D eigenvalue weighted by Crippen LogP contribution is 2.44. The first-order chi connectivity index (χ1) is 14.9. The van der Waals surface area contributed by atoms with Crippen LogP contribution < -0.4 is 11.1 Å². The van der Waals surface area contributed by atoms with E-state index in [1.165, 1.54) is 26.1 Å². The molecule has 0 saturated heterocycles. The molecular formula is C25H31F3N4. The highest BCUT2D eigenvalue weighted by Gasteiger charge is 2.44. The number of nitrogens with one attached hydrogen (secondary N) is 1. The molecule has 3 N–H and O–H groups in total. The Hall–Kier alpha value is -2.83. The standard InChI is InChI=1S/C25H31F3N4/c1-14-11-18(15(2)26)13-30-22(14)16(3)31-19-7-8-21(28)20(12-19)25(6)10-9-24(5,17(4)27)23(29)32-25/h7-8,11-13,15,17,31H,3,9-10H2,1-2,4-6H3,(H2,29,32)/t15?,17?,24-,25-/m0/s1. The molecule has 0 fully saturated rings. The molecule has 0 saturated carbocycles. The second kappa shape index (κ2) is 8.60. The first kappa shape index (κ1) is 23.8. The lowest BCUT2D eigenvalue weighted by atomic mass is 9.72. The van der Waals surface area contributed by atoms with Gasteiger partial charge in [0.1, 0.15) is 24.0 Å². The zero-order valence-electron chi connectivity index (χ0n) is 19.3. The van der Waals surface area contributed by atoms with Crippen molar-refractivity contribution >= 4 is 17.2 Å². The van der Waals surface area contributed by atoms with Gasteiger partial charge in [-0.2, -0.15) is 0 Å². The Labute approximate surface area is 187 Å². The number of anilines is 1. The van der Waals surface area contributed by atoms with E-state index in [1.807, 2.05) is 13.8 Å². The molecule has 7 heteroatoms.